The van der Waals surface area contributed by atoms with Gasteiger partial charge in [-0.25, -0.2) is 4.98 Å². The van der Waals surface area contributed by atoms with Gasteiger partial charge in [0.15, 0.2) is 11.4 Å². The molecule has 4 nitrogen and oxygen atoms in total. The minimum atomic E-state index is 0.581. The van der Waals surface area contributed by atoms with E-state index in [1.165, 1.54) is 19.3 Å². The number of anilines is 1. The van der Waals surface area contributed by atoms with Gasteiger partial charge in [0.2, 0.25) is 0 Å². The number of aromatic nitrogens is 2. The van der Waals surface area contributed by atoms with Crippen molar-refractivity contribution in [1.82, 2.24) is 9.55 Å². The number of hydrogen-bond acceptors (Lipinski definition) is 4. The van der Waals surface area contributed by atoms with Crippen LogP contribution in [0.2, 0.25) is 0 Å². The molecule has 1 saturated heterocycles. The number of nitrogens with zero attached hydrogens (tertiary/aromatic N) is 3. The van der Waals surface area contributed by atoms with Crippen LogP contribution in [0, 0.1) is 6.92 Å². The maximum Gasteiger partial charge on any atom is 0.185 e. The SMILES string of the molecule is Cc1cc(C=O)n(Cc2csc(N3CCCCC3C)n2)c1. The number of piperidine rings is 1. The summed E-state index contributed by atoms with van der Waals surface area (Å²) in [6.45, 7) is 6.06. The van der Waals surface area contributed by atoms with Gasteiger partial charge in [0, 0.05) is 24.2 Å². The molecule has 0 radical (unpaired) electrons. The maximum absolute atomic E-state index is 11.1. The molecule has 0 N–H and O–H groups in total. The Labute approximate surface area is 129 Å². The minimum Gasteiger partial charge on any atom is -0.345 e. The molecule has 0 saturated carbocycles. The lowest BCUT2D eigenvalue weighted by Gasteiger charge is -2.33. The van der Waals surface area contributed by atoms with E-state index in [1.807, 2.05) is 23.8 Å². The quantitative estimate of drug-likeness (QED) is 0.812. The van der Waals surface area contributed by atoms with E-state index in [0.29, 0.717) is 18.3 Å². The molecule has 2 aromatic heterocycles. The van der Waals surface area contributed by atoms with Gasteiger partial charge < -0.3 is 9.47 Å². The molecule has 1 atom stereocenters. The predicted molar refractivity (Wildman–Crippen MR) is 86.4 cm³/mol. The molecular formula is C16H21N3OS. The number of rotatable bonds is 4. The Bertz CT molecular complexity index is 631. The van der Waals surface area contributed by atoms with Crippen LogP contribution in [0.4, 0.5) is 5.13 Å². The summed E-state index contributed by atoms with van der Waals surface area (Å²) < 4.78 is 1.97. The molecular weight excluding hydrogens is 282 g/mol. The van der Waals surface area contributed by atoms with Crippen molar-refractivity contribution < 1.29 is 4.79 Å². The van der Waals surface area contributed by atoms with Gasteiger partial charge in [-0.2, -0.15) is 0 Å². The first kappa shape index (κ1) is 14.3. The van der Waals surface area contributed by atoms with Crippen LogP contribution >= 0.6 is 11.3 Å². The third-order valence-corrected chi connectivity index (χ3v) is 5.03. The van der Waals surface area contributed by atoms with Gasteiger partial charge in [0.1, 0.15) is 0 Å². The van der Waals surface area contributed by atoms with E-state index in [9.17, 15) is 4.79 Å². The van der Waals surface area contributed by atoms with Crippen LogP contribution in [-0.4, -0.2) is 28.4 Å². The van der Waals surface area contributed by atoms with Crippen molar-refractivity contribution in [3.8, 4) is 0 Å². The summed E-state index contributed by atoms with van der Waals surface area (Å²) in [4.78, 5) is 18.3. The Kier molecular flexibility index (Phi) is 4.10. The second kappa shape index (κ2) is 6.02. The molecule has 0 bridgehead atoms. The molecule has 1 unspecified atom stereocenters. The molecule has 21 heavy (non-hydrogen) atoms. The molecule has 112 valence electrons. The third-order valence-electron chi connectivity index (χ3n) is 4.11. The van der Waals surface area contributed by atoms with Crippen molar-refractivity contribution >= 4 is 22.8 Å². The first-order valence-electron chi connectivity index (χ1n) is 7.50. The van der Waals surface area contributed by atoms with E-state index in [-0.39, 0.29) is 0 Å². The largest absolute Gasteiger partial charge is 0.345 e. The number of hydrogen-bond donors (Lipinski definition) is 0. The Hall–Kier alpha value is -1.62. The maximum atomic E-state index is 11.1. The van der Waals surface area contributed by atoms with Crippen molar-refractivity contribution in [2.45, 2.75) is 45.7 Å². The summed E-state index contributed by atoms with van der Waals surface area (Å²) in [5, 5.41) is 3.23. The zero-order valence-electron chi connectivity index (χ0n) is 12.6. The molecule has 1 aliphatic heterocycles. The van der Waals surface area contributed by atoms with Gasteiger partial charge in [-0.3, -0.25) is 4.79 Å². The topological polar surface area (TPSA) is 38.1 Å². The zero-order valence-corrected chi connectivity index (χ0v) is 13.4. The smallest absolute Gasteiger partial charge is 0.185 e. The summed E-state index contributed by atoms with van der Waals surface area (Å²) in [6.07, 6.45) is 6.74. The Balaban J connectivity index is 1.77. The fraction of sp³-hybridized carbons (Fsp3) is 0.500. The number of aldehydes is 1. The van der Waals surface area contributed by atoms with Crippen molar-refractivity contribution in [2.75, 3.05) is 11.4 Å². The molecule has 1 aliphatic rings. The van der Waals surface area contributed by atoms with Crippen LogP contribution in [0.1, 0.15) is 47.9 Å². The number of aryl methyl sites for hydroxylation is 1. The van der Waals surface area contributed by atoms with E-state index < -0.39 is 0 Å². The monoisotopic (exact) mass is 303 g/mol. The van der Waals surface area contributed by atoms with Gasteiger partial charge in [-0.05, 0) is 44.7 Å². The Morgan fingerprint density at radius 3 is 3.10 bits per heavy atom. The van der Waals surface area contributed by atoms with E-state index >= 15 is 0 Å². The number of thiazole rings is 1. The average Bonchev–Trinajstić information content (AvgIpc) is 3.06. The normalized spacial score (nSPS) is 19.0. The second-order valence-corrected chi connectivity index (χ2v) is 6.68. The predicted octanol–water partition coefficient (Wildman–Crippen LogP) is 3.49. The van der Waals surface area contributed by atoms with Crippen LogP contribution in [0.5, 0.6) is 0 Å². The number of carbonyl (C=O) groups excluding carboxylic acids is 1. The van der Waals surface area contributed by atoms with Crippen LogP contribution in [0.3, 0.4) is 0 Å². The second-order valence-electron chi connectivity index (χ2n) is 5.85. The zero-order chi connectivity index (χ0) is 14.8. The first-order chi connectivity index (χ1) is 10.2. The molecule has 0 aliphatic carbocycles. The van der Waals surface area contributed by atoms with E-state index in [1.54, 1.807) is 11.3 Å². The third kappa shape index (κ3) is 3.02. The van der Waals surface area contributed by atoms with E-state index in [4.69, 9.17) is 4.98 Å². The lowest BCUT2D eigenvalue weighted by Crippen LogP contribution is -2.37. The highest BCUT2D eigenvalue weighted by Crippen LogP contribution is 2.28. The Morgan fingerprint density at radius 1 is 1.48 bits per heavy atom. The van der Waals surface area contributed by atoms with Crippen molar-refractivity contribution in [1.29, 1.82) is 0 Å². The Morgan fingerprint density at radius 2 is 2.33 bits per heavy atom. The molecule has 5 heteroatoms. The molecule has 0 spiro atoms. The average molecular weight is 303 g/mol. The van der Waals surface area contributed by atoms with Crippen LogP contribution < -0.4 is 4.90 Å². The standard InChI is InChI=1S/C16H21N3OS/c1-12-7-15(10-20)18(8-12)9-14-11-21-16(17-14)19-6-4-3-5-13(19)2/h7-8,10-11,13H,3-6,9H2,1-2H3. The molecule has 2 aromatic rings. The minimum absolute atomic E-state index is 0.581. The van der Waals surface area contributed by atoms with E-state index in [2.05, 4.69) is 17.2 Å². The molecule has 0 aromatic carbocycles. The van der Waals surface area contributed by atoms with Gasteiger partial charge >= 0.3 is 0 Å². The fourth-order valence-corrected chi connectivity index (χ4v) is 3.92. The molecule has 0 amide bonds. The van der Waals surface area contributed by atoms with Gasteiger partial charge in [-0.15, -0.1) is 11.3 Å². The van der Waals surface area contributed by atoms with Gasteiger partial charge in [-0.1, -0.05) is 0 Å². The van der Waals surface area contributed by atoms with Crippen molar-refractivity contribution in [3.63, 3.8) is 0 Å². The van der Waals surface area contributed by atoms with Gasteiger partial charge in [0.25, 0.3) is 0 Å². The van der Waals surface area contributed by atoms with E-state index in [0.717, 1.165) is 29.2 Å². The van der Waals surface area contributed by atoms with Crippen molar-refractivity contribution in [2.24, 2.45) is 0 Å². The fourth-order valence-electron chi connectivity index (χ4n) is 2.97. The number of carbonyl (C=O) groups is 1. The highest BCUT2D eigenvalue weighted by Gasteiger charge is 2.21. The van der Waals surface area contributed by atoms with Crippen LogP contribution in [-0.2, 0) is 6.54 Å². The lowest BCUT2D eigenvalue weighted by atomic mass is 10.1. The van der Waals surface area contributed by atoms with Crippen LogP contribution in [0.15, 0.2) is 17.6 Å². The van der Waals surface area contributed by atoms with Gasteiger partial charge in [0.05, 0.1) is 17.9 Å². The molecule has 3 rings (SSSR count). The molecule has 1 fully saturated rings. The summed E-state index contributed by atoms with van der Waals surface area (Å²) >= 11 is 1.71. The first-order valence-corrected chi connectivity index (χ1v) is 8.38. The van der Waals surface area contributed by atoms with Crippen LogP contribution in [0.25, 0.3) is 0 Å². The summed E-state index contributed by atoms with van der Waals surface area (Å²) in [5.41, 5.74) is 2.86. The summed E-state index contributed by atoms with van der Waals surface area (Å²) in [7, 11) is 0. The summed E-state index contributed by atoms with van der Waals surface area (Å²) in [6, 6.07) is 2.49. The highest BCUT2D eigenvalue weighted by molar-refractivity contribution is 7.13. The summed E-state index contributed by atoms with van der Waals surface area (Å²) in [5.74, 6) is 0. The highest BCUT2D eigenvalue weighted by atomic mass is 32.1. The van der Waals surface area contributed by atoms with Crippen molar-refractivity contribution in [3.05, 3.63) is 34.6 Å². The lowest BCUT2D eigenvalue weighted by molar-refractivity contribution is 0.111. The molecule has 3 heterocycles.